The minimum Gasteiger partial charge on any atom is -0.339 e. The zero-order chi connectivity index (χ0) is 11.4. The Morgan fingerprint density at radius 3 is 2.44 bits per heavy atom. The number of anilines is 3. The Labute approximate surface area is 101 Å². The molecular weight excluding hydrogens is 270 g/mol. The molecule has 16 heavy (non-hydrogen) atoms. The van der Waals surface area contributed by atoms with Gasteiger partial charge in [-0.2, -0.15) is 0 Å². The molecule has 0 bridgehead atoms. The smallest absolute Gasteiger partial charge is 0.159 e. The van der Waals surface area contributed by atoms with Gasteiger partial charge in [0.1, 0.15) is 16.6 Å². The number of nitrogens with one attached hydrogen (secondary N) is 2. The molecule has 5 nitrogen and oxygen atoms in total. The van der Waals surface area contributed by atoms with Crippen molar-refractivity contribution in [2.45, 2.75) is 0 Å². The second-order valence-corrected chi connectivity index (χ2v) is 3.81. The lowest BCUT2D eigenvalue weighted by atomic mass is 10.3. The molecule has 2 aromatic rings. The van der Waals surface area contributed by atoms with E-state index in [-0.39, 0.29) is 0 Å². The molecule has 0 aliphatic rings. The van der Waals surface area contributed by atoms with Crippen LogP contribution in [0, 0.1) is 0 Å². The first kappa shape index (κ1) is 10.8. The number of rotatable bonds is 3. The van der Waals surface area contributed by atoms with Gasteiger partial charge in [-0.15, -0.1) is 0 Å². The van der Waals surface area contributed by atoms with Crippen LogP contribution in [0.1, 0.15) is 0 Å². The van der Waals surface area contributed by atoms with E-state index in [1.165, 1.54) is 6.33 Å². The van der Waals surface area contributed by atoms with Gasteiger partial charge in [-0.1, -0.05) is 18.2 Å². The Balaban J connectivity index is 2.28. The van der Waals surface area contributed by atoms with Crippen molar-refractivity contribution in [1.82, 2.24) is 9.97 Å². The molecule has 0 amide bonds. The molecule has 0 saturated carbocycles. The molecule has 82 valence electrons. The lowest BCUT2D eigenvalue weighted by Gasteiger charge is -2.09. The standard InChI is InChI=1S/C10H10BrN5/c11-8-9(13-6-14-10(8)16-12)15-7-4-2-1-3-5-7/h1-6H,12H2,(H2,13,14,15,16). The molecular formula is C10H10BrN5. The first-order chi connectivity index (χ1) is 7.81. The van der Waals surface area contributed by atoms with E-state index in [1.807, 2.05) is 30.3 Å². The summed E-state index contributed by atoms with van der Waals surface area (Å²) in [6.45, 7) is 0. The highest BCUT2D eigenvalue weighted by molar-refractivity contribution is 9.10. The van der Waals surface area contributed by atoms with Gasteiger partial charge in [-0.05, 0) is 28.1 Å². The maximum atomic E-state index is 5.31. The zero-order valence-electron chi connectivity index (χ0n) is 8.31. The summed E-state index contributed by atoms with van der Waals surface area (Å²) in [4.78, 5) is 8.08. The van der Waals surface area contributed by atoms with Crippen molar-refractivity contribution in [1.29, 1.82) is 0 Å². The summed E-state index contributed by atoms with van der Waals surface area (Å²) in [5, 5.41) is 3.15. The number of aromatic nitrogens is 2. The zero-order valence-corrected chi connectivity index (χ0v) is 9.90. The summed E-state index contributed by atoms with van der Waals surface area (Å²) in [5.41, 5.74) is 3.43. The molecule has 4 N–H and O–H groups in total. The first-order valence-electron chi connectivity index (χ1n) is 4.60. The number of nitrogen functional groups attached to an aromatic ring is 1. The Morgan fingerprint density at radius 2 is 1.75 bits per heavy atom. The van der Waals surface area contributed by atoms with Crippen LogP contribution in [-0.2, 0) is 0 Å². The van der Waals surface area contributed by atoms with Crippen LogP contribution in [0.15, 0.2) is 41.1 Å². The number of para-hydroxylation sites is 1. The second kappa shape index (κ2) is 4.91. The molecule has 0 atom stereocenters. The number of benzene rings is 1. The fraction of sp³-hybridized carbons (Fsp3) is 0. The number of nitrogens with two attached hydrogens (primary N) is 1. The number of halogens is 1. The second-order valence-electron chi connectivity index (χ2n) is 3.02. The van der Waals surface area contributed by atoms with Crippen molar-refractivity contribution in [2.75, 3.05) is 10.7 Å². The van der Waals surface area contributed by atoms with E-state index in [1.54, 1.807) is 0 Å². The fourth-order valence-corrected chi connectivity index (χ4v) is 1.63. The summed E-state index contributed by atoms with van der Waals surface area (Å²) in [5.74, 6) is 6.51. The Bertz CT molecular complexity index is 474. The largest absolute Gasteiger partial charge is 0.339 e. The van der Waals surface area contributed by atoms with Gasteiger partial charge < -0.3 is 10.7 Å². The number of nitrogens with zero attached hydrogens (tertiary/aromatic N) is 2. The van der Waals surface area contributed by atoms with Gasteiger partial charge >= 0.3 is 0 Å². The molecule has 1 heterocycles. The van der Waals surface area contributed by atoms with Gasteiger partial charge in [0.15, 0.2) is 5.82 Å². The monoisotopic (exact) mass is 279 g/mol. The van der Waals surface area contributed by atoms with E-state index in [2.05, 4.69) is 36.6 Å². The lowest BCUT2D eigenvalue weighted by Crippen LogP contribution is -2.10. The Hall–Kier alpha value is -1.66. The molecule has 6 heteroatoms. The number of hydrogen-bond acceptors (Lipinski definition) is 5. The number of hydrogen-bond donors (Lipinski definition) is 3. The van der Waals surface area contributed by atoms with Crippen LogP contribution in [0.25, 0.3) is 0 Å². The molecule has 1 aromatic heterocycles. The predicted octanol–water partition coefficient (Wildman–Crippen LogP) is 2.27. The van der Waals surface area contributed by atoms with Crippen LogP contribution in [0.5, 0.6) is 0 Å². The van der Waals surface area contributed by atoms with Crippen LogP contribution in [-0.4, -0.2) is 9.97 Å². The molecule has 2 rings (SSSR count). The summed E-state index contributed by atoms with van der Waals surface area (Å²) in [6.07, 6.45) is 1.44. The molecule has 0 aliphatic carbocycles. The number of hydrazine groups is 1. The Morgan fingerprint density at radius 1 is 1.06 bits per heavy atom. The van der Waals surface area contributed by atoms with Crippen molar-refractivity contribution in [3.8, 4) is 0 Å². The van der Waals surface area contributed by atoms with Crippen LogP contribution in [0.4, 0.5) is 17.3 Å². The van der Waals surface area contributed by atoms with E-state index in [4.69, 9.17) is 5.84 Å². The summed E-state index contributed by atoms with van der Waals surface area (Å²) < 4.78 is 0.696. The van der Waals surface area contributed by atoms with Crippen LogP contribution in [0.2, 0.25) is 0 Å². The normalized spacial score (nSPS) is 9.88. The molecule has 0 aliphatic heterocycles. The molecule has 0 saturated heterocycles. The third-order valence-electron chi connectivity index (χ3n) is 1.96. The van der Waals surface area contributed by atoms with E-state index >= 15 is 0 Å². The van der Waals surface area contributed by atoms with Crippen molar-refractivity contribution in [2.24, 2.45) is 5.84 Å². The third kappa shape index (κ3) is 2.29. The molecule has 0 fully saturated rings. The summed E-state index contributed by atoms with van der Waals surface area (Å²) in [7, 11) is 0. The molecule has 0 spiro atoms. The lowest BCUT2D eigenvalue weighted by molar-refractivity contribution is 1.12. The van der Waals surface area contributed by atoms with Gasteiger partial charge in [-0.3, -0.25) is 0 Å². The van der Waals surface area contributed by atoms with Crippen molar-refractivity contribution in [3.05, 3.63) is 41.1 Å². The minimum absolute atomic E-state index is 0.536. The maximum Gasteiger partial charge on any atom is 0.159 e. The quantitative estimate of drug-likeness (QED) is 0.594. The van der Waals surface area contributed by atoms with Crippen molar-refractivity contribution >= 4 is 33.3 Å². The average molecular weight is 280 g/mol. The first-order valence-corrected chi connectivity index (χ1v) is 5.39. The highest BCUT2D eigenvalue weighted by Gasteiger charge is 2.07. The molecule has 0 unspecified atom stereocenters. The van der Waals surface area contributed by atoms with Gasteiger partial charge in [0.25, 0.3) is 0 Å². The van der Waals surface area contributed by atoms with Crippen molar-refractivity contribution in [3.63, 3.8) is 0 Å². The summed E-state index contributed by atoms with van der Waals surface area (Å²) in [6, 6.07) is 9.74. The van der Waals surface area contributed by atoms with Crippen LogP contribution >= 0.6 is 15.9 Å². The van der Waals surface area contributed by atoms with Gasteiger partial charge in [0, 0.05) is 5.69 Å². The van der Waals surface area contributed by atoms with E-state index in [0.29, 0.717) is 16.1 Å². The van der Waals surface area contributed by atoms with Crippen LogP contribution < -0.4 is 16.6 Å². The van der Waals surface area contributed by atoms with E-state index in [9.17, 15) is 0 Å². The molecule has 0 radical (unpaired) electrons. The van der Waals surface area contributed by atoms with E-state index < -0.39 is 0 Å². The third-order valence-corrected chi connectivity index (χ3v) is 2.71. The topological polar surface area (TPSA) is 75.9 Å². The predicted molar refractivity (Wildman–Crippen MR) is 67.3 cm³/mol. The van der Waals surface area contributed by atoms with Crippen molar-refractivity contribution < 1.29 is 0 Å². The van der Waals surface area contributed by atoms with Gasteiger partial charge in [0.2, 0.25) is 0 Å². The minimum atomic E-state index is 0.536. The fourth-order valence-electron chi connectivity index (χ4n) is 1.22. The van der Waals surface area contributed by atoms with Crippen LogP contribution in [0.3, 0.4) is 0 Å². The van der Waals surface area contributed by atoms with Gasteiger partial charge in [-0.25, -0.2) is 15.8 Å². The average Bonchev–Trinajstić information content (AvgIpc) is 2.33. The van der Waals surface area contributed by atoms with E-state index in [0.717, 1.165) is 5.69 Å². The Kier molecular flexibility index (Phi) is 3.33. The highest BCUT2D eigenvalue weighted by atomic mass is 79.9. The molecule has 1 aromatic carbocycles. The SMILES string of the molecule is NNc1ncnc(Nc2ccccc2)c1Br. The summed E-state index contributed by atoms with van der Waals surface area (Å²) >= 11 is 3.37. The maximum absolute atomic E-state index is 5.31. The highest BCUT2D eigenvalue weighted by Crippen LogP contribution is 2.27. The van der Waals surface area contributed by atoms with Gasteiger partial charge in [0.05, 0.1) is 0 Å².